The summed E-state index contributed by atoms with van der Waals surface area (Å²) < 4.78 is 0. The van der Waals surface area contributed by atoms with Crippen molar-refractivity contribution in [1.82, 2.24) is 9.97 Å². The molecule has 5 heteroatoms. The normalized spacial score (nSPS) is 10.4. The first-order valence-corrected chi connectivity index (χ1v) is 8.67. The monoisotopic (exact) mass is 346 g/mol. The molecule has 0 bridgehead atoms. The average Bonchev–Trinajstić information content (AvgIpc) is 2.67. The van der Waals surface area contributed by atoms with Crippen molar-refractivity contribution in [3.05, 3.63) is 83.2 Å². The number of hydrogen-bond acceptors (Lipinski definition) is 4. The lowest BCUT2D eigenvalue weighted by molar-refractivity contribution is 0.102. The van der Waals surface area contributed by atoms with Crippen molar-refractivity contribution in [1.29, 1.82) is 0 Å². The topological polar surface area (TPSA) is 66.9 Å². The molecule has 26 heavy (non-hydrogen) atoms. The molecule has 3 rings (SSSR count). The maximum Gasteiger partial charge on any atom is 0.274 e. The van der Waals surface area contributed by atoms with Crippen molar-refractivity contribution >= 4 is 17.5 Å². The number of amides is 1. The summed E-state index contributed by atoms with van der Waals surface area (Å²) in [6.45, 7) is 4.72. The van der Waals surface area contributed by atoms with Crippen molar-refractivity contribution in [2.75, 3.05) is 10.6 Å². The summed E-state index contributed by atoms with van der Waals surface area (Å²) in [7, 11) is 0. The molecule has 0 aliphatic heterocycles. The standard InChI is InChI=1S/C21H22N4O/c1-3-17-9-4-5-10-18(17)24-20(26)19-11-12-22-21(25-19)23-14-16-8-6-7-15(2)13-16/h4-13H,3,14H2,1-2H3,(H,24,26)(H,22,23,25). The van der Waals surface area contributed by atoms with Gasteiger partial charge in [0.05, 0.1) is 0 Å². The molecule has 0 radical (unpaired) electrons. The van der Waals surface area contributed by atoms with E-state index in [1.54, 1.807) is 12.3 Å². The van der Waals surface area contributed by atoms with Gasteiger partial charge in [-0.1, -0.05) is 55.0 Å². The molecule has 0 aliphatic rings. The van der Waals surface area contributed by atoms with Crippen LogP contribution >= 0.6 is 0 Å². The molecule has 1 amide bonds. The van der Waals surface area contributed by atoms with Crippen molar-refractivity contribution in [3.63, 3.8) is 0 Å². The summed E-state index contributed by atoms with van der Waals surface area (Å²) >= 11 is 0. The number of para-hydroxylation sites is 1. The van der Waals surface area contributed by atoms with E-state index in [0.717, 1.165) is 23.2 Å². The van der Waals surface area contributed by atoms with Crippen LogP contribution in [-0.2, 0) is 13.0 Å². The fourth-order valence-corrected chi connectivity index (χ4v) is 2.71. The van der Waals surface area contributed by atoms with Gasteiger partial charge in [0, 0.05) is 18.4 Å². The molecule has 0 fully saturated rings. The molecule has 3 aromatic rings. The maximum atomic E-state index is 12.5. The predicted molar refractivity (Wildman–Crippen MR) is 104 cm³/mol. The number of nitrogens with zero attached hydrogens (tertiary/aromatic N) is 2. The van der Waals surface area contributed by atoms with Crippen LogP contribution in [0.4, 0.5) is 11.6 Å². The molecule has 1 heterocycles. The molecular weight excluding hydrogens is 324 g/mol. The lowest BCUT2D eigenvalue weighted by atomic mass is 10.1. The van der Waals surface area contributed by atoms with Gasteiger partial charge >= 0.3 is 0 Å². The molecular formula is C21H22N4O. The number of rotatable bonds is 6. The smallest absolute Gasteiger partial charge is 0.274 e. The van der Waals surface area contributed by atoms with E-state index in [0.29, 0.717) is 18.2 Å². The predicted octanol–water partition coefficient (Wildman–Crippen LogP) is 4.21. The average molecular weight is 346 g/mol. The minimum Gasteiger partial charge on any atom is -0.350 e. The molecule has 0 saturated heterocycles. The van der Waals surface area contributed by atoms with E-state index in [1.165, 1.54) is 5.56 Å². The van der Waals surface area contributed by atoms with Gasteiger partial charge in [0.15, 0.2) is 0 Å². The van der Waals surface area contributed by atoms with Gasteiger partial charge in [-0.25, -0.2) is 9.97 Å². The number of nitrogens with one attached hydrogen (secondary N) is 2. The fraction of sp³-hybridized carbons (Fsp3) is 0.190. The van der Waals surface area contributed by atoms with Crippen LogP contribution in [0.5, 0.6) is 0 Å². The zero-order valence-electron chi connectivity index (χ0n) is 15.0. The number of hydrogen-bond donors (Lipinski definition) is 2. The Labute approximate surface area is 153 Å². The summed E-state index contributed by atoms with van der Waals surface area (Å²) in [6.07, 6.45) is 2.44. The van der Waals surface area contributed by atoms with Crippen LogP contribution in [-0.4, -0.2) is 15.9 Å². The molecule has 0 saturated carbocycles. The van der Waals surface area contributed by atoms with Gasteiger partial charge in [-0.05, 0) is 36.6 Å². The third kappa shape index (κ3) is 4.45. The Balaban J connectivity index is 1.69. The van der Waals surface area contributed by atoms with Crippen LogP contribution in [0.15, 0.2) is 60.8 Å². The summed E-state index contributed by atoms with van der Waals surface area (Å²) in [5.74, 6) is 0.190. The first-order chi connectivity index (χ1) is 12.7. The van der Waals surface area contributed by atoms with Gasteiger partial charge in [0.2, 0.25) is 5.95 Å². The third-order valence-electron chi connectivity index (χ3n) is 4.07. The first-order valence-electron chi connectivity index (χ1n) is 8.67. The fourth-order valence-electron chi connectivity index (χ4n) is 2.71. The van der Waals surface area contributed by atoms with Gasteiger partial charge in [0.1, 0.15) is 5.69 Å². The van der Waals surface area contributed by atoms with Crippen LogP contribution in [0.1, 0.15) is 34.1 Å². The molecule has 0 spiro atoms. The van der Waals surface area contributed by atoms with E-state index in [1.807, 2.05) is 36.4 Å². The van der Waals surface area contributed by atoms with E-state index in [4.69, 9.17) is 0 Å². The van der Waals surface area contributed by atoms with Crippen LogP contribution in [0, 0.1) is 6.92 Å². The zero-order valence-corrected chi connectivity index (χ0v) is 15.0. The van der Waals surface area contributed by atoms with Crippen molar-refractivity contribution in [3.8, 4) is 0 Å². The Bertz CT molecular complexity index is 908. The Kier molecular flexibility index (Phi) is 5.59. The molecule has 0 unspecified atom stereocenters. The number of benzene rings is 2. The summed E-state index contributed by atoms with van der Waals surface area (Å²) in [6, 6.07) is 17.6. The highest BCUT2D eigenvalue weighted by Crippen LogP contribution is 2.16. The van der Waals surface area contributed by atoms with Crippen LogP contribution in [0.25, 0.3) is 0 Å². The number of anilines is 2. The number of carbonyl (C=O) groups excluding carboxylic acids is 1. The maximum absolute atomic E-state index is 12.5. The number of aromatic nitrogens is 2. The molecule has 1 aromatic heterocycles. The van der Waals surface area contributed by atoms with Crippen LogP contribution < -0.4 is 10.6 Å². The molecule has 5 nitrogen and oxygen atoms in total. The quantitative estimate of drug-likeness (QED) is 0.701. The van der Waals surface area contributed by atoms with E-state index < -0.39 is 0 Å². The van der Waals surface area contributed by atoms with Gasteiger partial charge in [-0.15, -0.1) is 0 Å². The summed E-state index contributed by atoms with van der Waals surface area (Å²) in [5.41, 5.74) is 4.58. The van der Waals surface area contributed by atoms with Crippen LogP contribution in [0.2, 0.25) is 0 Å². The second kappa shape index (κ2) is 8.25. The Morgan fingerprint density at radius 3 is 2.73 bits per heavy atom. The minimum atomic E-state index is -0.244. The third-order valence-corrected chi connectivity index (χ3v) is 4.07. The second-order valence-electron chi connectivity index (χ2n) is 6.07. The lowest BCUT2D eigenvalue weighted by Crippen LogP contribution is -2.16. The van der Waals surface area contributed by atoms with E-state index in [9.17, 15) is 4.79 Å². The molecule has 2 aromatic carbocycles. The Hall–Kier alpha value is -3.21. The lowest BCUT2D eigenvalue weighted by Gasteiger charge is -2.10. The van der Waals surface area contributed by atoms with Gasteiger partial charge in [-0.3, -0.25) is 4.79 Å². The SMILES string of the molecule is CCc1ccccc1NC(=O)c1ccnc(NCc2cccc(C)c2)n1. The number of carbonyl (C=O) groups is 1. The van der Waals surface area contributed by atoms with E-state index >= 15 is 0 Å². The molecule has 2 N–H and O–H groups in total. The van der Waals surface area contributed by atoms with Crippen molar-refractivity contribution < 1.29 is 4.79 Å². The van der Waals surface area contributed by atoms with Gasteiger partial charge in [0.25, 0.3) is 5.91 Å². The highest BCUT2D eigenvalue weighted by molar-refractivity contribution is 6.03. The number of aryl methyl sites for hydroxylation is 2. The molecule has 0 atom stereocenters. The van der Waals surface area contributed by atoms with Crippen LogP contribution in [0.3, 0.4) is 0 Å². The Morgan fingerprint density at radius 1 is 1.08 bits per heavy atom. The second-order valence-corrected chi connectivity index (χ2v) is 6.07. The van der Waals surface area contributed by atoms with Crippen molar-refractivity contribution in [2.45, 2.75) is 26.8 Å². The minimum absolute atomic E-state index is 0.244. The summed E-state index contributed by atoms with van der Waals surface area (Å²) in [5, 5.41) is 6.10. The summed E-state index contributed by atoms with van der Waals surface area (Å²) in [4.78, 5) is 21.0. The highest BCUT2D eigenvalue weighted by Gasteiger charge is 2.11. The zero-order chi connectivity index (χ0) is 18.4. The highest BCUT2D eigenvalue weighted by atomic mass is 16.1. The van der Waals surface area contributed by atoms with Crippen molar-refractivity contribution in [2.24, 2.45) is 0 Å². The van der Waals surface area contributed by atoms with E-state index in [-0.39, 0.29) is 5.91 Å². The molecule has 132 valence electrons. The van der Waals surface area contributed by atoms with Gasteiger partial charge < -0.3 is 10.6 Å². The van der Waals surface area contributed by atoms with Gasteiger partial charge in [-0.2, -0.15) is 0 Å². The molecule has 0 aliphatic carbocycles. The Morgan fingerprint density at radius 2 is 1.92 bits per heavy atom. The largest absolute Gasteiger partial charge is 0.350 e. The first kappa shape index (κ1) is 17.6. The van der Waals surface area contributed by atoms with E-state index in [2.05, 4.69) is 46.6 Å².